The topological polar surface area (TPSA) is 81.7 Å². The molecule has 2 aliphatic rings. The average molecular weight is 489 g/mol. The van der Waals surface area contributed by atoms with Crippen molar-refractivity contribution < 1.29 is 38.0 Å². The van der Waals surface area contributed by atoms with Crippen LogP contribution in [0.1, 0.15) is 91.9 Å². The van der Waals surface area contributed by atoms with Gasteiger partial charge in [-0.1, -0.05) is 51.4 Å². The van der Waals surface area contributed by atoms with Gasteiger partial charge in [-0.15, -0.1) is 0 Å². The SMILES string of the molecule is COCCOCO[C@H](C=O)[C@H]1OC(C)(C)O[C@@H]1CCCCCCCCCC[C@@H]1COC(C)(C)O1. The van der Waals surface area contributed by atoms with Crippen LogP contribution in [0, 0.1) is 0 Å². The van der Waals surface area contributed by atoms with E-state index in [1.807, 2.05) is 27.7 Å². The maximum absolute atomic E-state index is 11.6. The molecular formula is C26H48O8. The second-order valence-electron chi connectivity index (χ2n) is 10.3. The van der Waals surface area contributed by atoms with Crippen molar-refractivity contribution in [1.29, 1.82) is 0 Å². The van der Waals surface area contributed by atoms with E-state index >= 15 is 0 Å². The summed E-state index contributed by atoms with van der Waals surface area (Å²) in [5, 5.41) is 0. The first-order valence-electron chi connectivity index (χ1n) is 13.1. The molecule has 0 aromatic rings. The quantitative estimate of drug-likeness (QED) is 0.146. The number of carbonyl (C=O) groups excluding carboxylic acids is 1. The second kappa shape index (κ2) is 15.5. The molecule has 0 aromatic heterocycles. The van der Waals surface area contributed by atoms with Gasteiger partial charge in [0.2, 0.25) is 0 Å². The Kier molecular flexibility index (Phi) is 13.5. The molecule has 0 radical (unpaired) electrons. The zero-order valence-electron chi connectivity index (χ0n) is 22.1. The molecule has 0 spiro atoms. The first-order chi connectivity index (χ1) is 16.3. The molecule has 0 unspecified atom stereocenters. The predicted octanol–water partition coefficient (Wildman–Crippen LogP) is 4.76. The van der Waals surface area contributed by atoms with Gasteiger partial charge in [0.1, 0.15) is 19.0 Å². The summed E-state index contributed by atoms with van der Waals surface area (Å²) < 4.78 is 39.4. The van der Waals surface area contributed by atoms with E-state index in [1.54, 1.807) is 7.11 Å². The molecule has 0 amide bonds. The van der Waals surface area contributed by atoms with E-state index in [9.17, 15) is 4.79 Å². The molecule has 2 saturated heterocycles. The number of hydrogen-bond acceptors (Lipinski definition) is 8. The summed E-state index contributed by atoms with van der Waals surface area (Å²) in [6, 6.07) is 0. The standard InChI is InChI=1S/C26H48O8/c1-25(2)31-19-21(32-25)14-12-10-8-6-7-9-11-13-15-22-24(34-26(3,4)33-22)23(18-27)30-20-29-17-16-28-5/h18,21-24H,6-17,19-20H2,1-5H3/t21-,22-,23-,24+/m1/s1. The van der Waals surface area contributed by atoms with Gasteiger partial charge in [0.05, 0.1) is 32.0 Å². The number of hydrogen-bond donors (Lipinski definition) is 0. The van der Waals surface area contributed by atoms with Gasteiger partial charge in [-0.25, -0.2) is 0 Å². The fraction of sp³-hybridized carbons (Fsp3) is 0.962. The first-order valence-corrected chi connectivity index (χ1v) is 13.1. The Morgan fingerprint density at radius 1 is 0.853 bits per heavy atom. The Labute approximate surface area is 206 Å². The highest BCUT2D eigenvalue weighted by molar-refractivity contribution is 5.57. The molecule has 0 saturated carbocycles. The smallest absolute Gasteiger partial charge is 0.163 e. The molecule has 0 N–H and O–H groups in total. The highest BCUT2D eigenvalue weighted by Crippen LogP contribution is 2.33. The second-order valence-corrected chi connectivity index (χ2v) is 10.3. The molecule has 200 valence electrons. The number of methoxy groups -OCH3 is 1. The molecule has 0 aromatic carbocycles. The van der Waals surface area contributed by atoms with E-state index in [2.05, 4.69) is 0 Å². The summed E-state index contributed by atoms with van der Waals surface area (Å²) in [6.45, 7) is 9.37. The third-order valence-electron chi connectivity index (χ3n) is 6.29. The van der Waals surface area contributed by atoms with Gasteiger partial charge in [0.15, 0.2) is 17.9 Å². The van der Waals surface area contributed by atoms with Crippen molar-refractivity contribution in [2.45, 2.75) is 128 Å². The van der Waals surface area contributed by atoms with Crippen molar-refractivity contribution in [3.05, 3.63) is 0 Å². The fourth-order valence-electron chi connectivity index (χ4n) is 4.59. The minimum atomic E-state index is -0.720. The molecule has 2 fully saturated rings. The van der Waals surface area contributed by atoms with Crippen LogP contribution in [0.2, 0.25) is 0 Å². The zero-order chi connectivity index (χ0) is 24.9. The largest absolute Gasteiger partial charge is 0.382 e. The van der Waals surface area contributed by atoms with Crippen molar-refractivity contribution in [3.8, 4) is 0 Å². The summed E-state index contributed by atoms with van der Waals surface area (Å²) in [5.41, 5.74) is 0. The van der Waals surface area contributed by atoms with E-state index in [0.717, 1.165) is 38.6 Å². The average Bonchev–Trinajstić information content (AvgIpc) is 3.29. The number of unbranched alkanes of at least 4 members (excludes halogenated alkanes) is 7. The van der Waals surface area contributed by atoms with Crippen molar-refractivity contribution in [1.82, 2.24) is 0 Å². The molecule has 2 aliphatic heterocycles. The van der Waals surface area contributed by atoms with Gasteiger partial charge in [-0.05, 0) is 40.5 Å². The Morgan fingerprint density at radius 3 is 2.09 bits per heavy atom. The normalized spacial score (nSPS) is 26.7. The van der Waals surface area contributed by atoms with Crippen molar-refractivity contribution in [3.63, 3.8) is 0 Å². The van der Waals surface area contributed by atoms with Crippen LogP contribution in [0.25, 0.3) is 0 Å². The van der Waals surface area contributed by atoms with E-state index in [-0.39, 0.29) is 19.0 Å². The van der Waals surface area contributed by atoms with E-state index in [4.69, 9.17) is 33.2 Å². The highest BCUT2D eigenvalue weighted by atomic mass is 16.8. The zero-order valence-corrected chi connectivity index (χ0v) is 22.1. The van der Waals surface area contributed by atoms with E-state index in [1.165, 1.54) is 38.5 Å². The monoisotopic (exact) mass is 488 g/mol. The summed E-state index contributed by atoms with van der Waals surface area (Å²) in [5.74, 6) is -1.13. The van der Waals surface area contributed by atoms with E-state index < -0.39 is 23.8 Å². The lowest BCUT2D eigenvalue weighted by Gasteiger charge is -2.22. The van der Waals surface area contributed by atoms with Crippen molar-refractivity contribution >= 4 is 6.29 Å². The number of aldehydes is 1. The minimum Gasteiger partial charge on any atom is -0.382 e. The van der Waals surface area contributed by atoms with E-state index in [0.29, 0.717) is 13.2 Å². The molecule has 2 heterocycles. The molecule has 0 bridgehead atoms. The van der Waals surface area contributed by atoms with Crippen LogP contribution >= 0.6 is 0 Å². The number of ether oxygens (including phenoxy) is 7. The molecule has 0 aliphatic carbocycles. The third kappa shape index (κ3) is 11.4. The van der Waals surface area contributed by atoms with Gasteiger partial charge in [0, 0.05) is 7.11 Å². The lowest BCUT2D eigenvalue weighted by atomic mass is 10.0. The third-order valence-corrected chi connectivity index (χ3v) is 6.29. The maximum Gasteiger partial charge on any atom is 0.163 e. The van der Waals surface area contributed by atoms with Gasteiger partial charge in [-0.2, -0.15) is 0 Å². The minimum absolute atomic E-state index is 0.0270. The maximum atomic E-state index is 11.6. The van der Waals surface area contributed by atoms with Crippen molar-refractivity contribution in [2.24, 2.45) is 0 Å². The molecule has 4 atom stereocenters. The van der Waals surface area contributed by atoms with Crippen molar-refractivity contribution in [2.75, 3.05) is 33.7 Å². The Bertz CT molecular complexity index is 553. The summed E-state index contributed by atoms with van der Waals surface area (Å²) in [7, 11) is 1.61. The van der Waals surface area contributed by atoms with Crippen LogP contribution in [0.4, 0.5) is 0 Å². The summed E-state index contributed by atoms with van der Waals surface area (Å²) in [6.07, 6.45) is 11.4. The van der Waals surface area contributed by atoms with Crippen LogP contribution in [-0.4, -0.2) is 76.0 Å². The fourth-order valence-corrected chi connectivity index (χ4v) is 4.59. The Hall–Kier alpha value is -0.610. The molecular weight excluding hydrogens is 440 g/mol. The lowest BCUT2D eigenvalue weighted by molar-refractivity contribution is -0.173. The molecule has 34 heavy (non-hydrogen) atoms. The van der Waals surface area contributed by atoms with Crippen LogP contribution < -0.4 is 0 Å². The van der Waals surface area contributed by atoms with Crippen LogP contribution in [0.3, 0.4) is 0 Å². The van der Waals surface area contributed by atoms with Crippen LogP contribution in [0.5, 0.6) is 0 Å². The summed E-state index contributed by atoms with van der Waals surface area (Å²) >= 11 is 0. The highest BCUT2D eigenvalue weighted by Gasteiger charge is 2.45. The van der Waals surface area contributed by atoms with Gasteiger partial charge in [-0.3, -0.25) is 0 Å². The Balaban J connectivity index is 1.53. The molecule has 2 rings (SSSR count). The lowest BCUT2D eigenvalue weighted by Crippen LogP contribution is -2.39. The van der Waals surface area contributed by atoms with Gasteiger partial charge in [0.25, 0.3) is 0 Å². The van der Waals surface area contributed by atoms with Gasteiger partial charge >= 0.3 is 0 Å². The number of rotatable bonds is 19. The van der Waals surface area contributed by atoms with Gasteiger partial charge < -0.3 is 38.0 Å². The van der Waals surface area contributed by atoms with Crippen LogP contribution in [0.15, 0.2) is 0 Å². The first kappa shape index (κ1) is 29.6. The number of carbonyl (C=O) groups is 1. The Morgan fingerprint density at radius 2 is 1.50 bits per heavy atom. The predicted molar refractivity (Wildman–Crippen MR) is 129 cm³/mol. The summed E-state index contributed by atoms with van der Waals surface area (Å²) in [4.78, 5) is 11.6. The molecule has 8 heteroatoms. The molecule has 8 nitrogen and oxygen atoms in total. The van der Waals surface area contributed by atoms with Crippen LogP contribution in [-0.2, 0) is 38.0 Å².